The number of halogens is 1. The summed E-state index contributed by atoms with van der Waals surface area (Å²) in [6.07, 6.45) is 0. The van der Waals surface area contributed by atoms with Gasteiger partial charge in [0, 0.05) is 43.5 Å². The zero-order valence-corrected chi connectivity index (χ0v) is 18.9. The minimum absolute atomic E-state index is 0.145. The molecule has 0 aliphatic carbocycles. The number of benzene rings is 1. The number of rotatable bonds is 5. The number of piperazine rings is 1. The lowest BCUT2D eigenvalue weighted by molar-refractivity contribution is -0.117. The topological polar surface area (TPSA) is 79.2 Å². The number of hydrogen-bond donors (Lipinski definition) is 1. The van der Waals surface area contributed by atoms with Gasteiger partial charge < -0.3 is 10.2 Å². The van der Waals surface area contributed by atoms with Crippen LogP contribution in [0, 0.1) is 26.6 Å². The van der Waals surface area contributed by atoms with E-state index in [1.165, 1.54) is 6.07 Å². The molecule has 0 spiro atoms. The normalized spacial score (nSPS) is 15.2. The predicted molar refractivity (Wildman–Crippen MR) is 121 cm³/mol. The molecule has 1 fully saturated rings. The maximum Gasteiger partial charge on any atom is 0.239 e. The van der Waals surface area contributed by atoms with Gasteiger partial charge in [0.15, 0.2) is 11.6 Å². The van der Waals surface area contributed by atoms with Gasteiger partial charge in [-0.05, 0) is 45.5 Å². The number of aryl methyl sites for hydroxylation is 3. The molecule has 0 bridgehead atoms. The molecular weight excluding hydrogens is 409 g/mol. The first kappa shape index (κ1) is 22.0. The van der Waals surface area contributed by atoms with Crippen LogP contribution in [0.1, 0.15) is 17.0 Å². The molecule has 0 atom stereocenters. The van der Waals surface area contributed by atoms with Crippen molar-refractivity contribution in [3.63, 3.8) is 0 Å². The number of likely N-dealkylation sites (N-methyl/N-ethyl adjacent to an activating group) is 1. The second-order valence-electron chi connectivity index (χ2n) is 8.37. The molecule has 1 aromatic carbocycles. The third kappa shape index (κ3) is 5.00. The summed E-state index contributed by atoms with van der Waals surface area (Å²) in [6, 6.07) is 8.50. The molecule has 9 heteroatoms. The summed E-state index contributed by atoms with van der Waals surface area (Å²) in [5.74, 6) is 0.717. The minimum Gasteiger partial charge on any atom is -0.309 e. The van der Waals surface area contributed by atoms with E-state index in [0.717, 1.165) is 37.6 Å². The van der Waals surface area contributed by atoms with E-state index < -0.39 is 0 Å². The van der Waals surface area contributed by atoms with E-state index in [1.807, 2.05) is 19.9 Å². The monoisotopic (exact) mass is 437 g/mol. The average Bonchev–Trinajstić information content (AvgIpc) is 3.09. The zero-order valence-electron chi connectivity index (χ0n) is 18.9. The molecular formula is C23H28FN7O. The van der Waals surface area contributed by atoms with Crippen molar-refractivity contribution in [3.05, 3.63) is 53.1 Å². The van der Waals surface area contributed by atoms with Crippen LogP contribution in [0.2, 0.25) is 0 Å². The fraction of sp³-hybridized carbons (Fsp3) is 0.391. The summed E-state index contributed by atoms with van der Waals surface area (Å²) in [5, 5.41) is 7.39. The van der Waals surface area contributed by atoms with Gasteiger partial charge in [0.2, 0.25) is 5.91 Å². The fourth-order valence-electron chi connectivity index (χ4n) is 3.72. The van der Waals surface area contributed by atoms with E-state index in [9.17, 15) is 9.18 Å². The smallest absolute Gasteiger partial charge is 0.239 e. The summed E-state index contributed by atoms with van der Waals surface area (Å²) < 4.78 is 15.9. The number of carbonyl (C=O) groups excluding carboxylic acids is 1. The van der Waals surface area contributed by atoms with Gasteiger partial charge in [-0.3, -0.25) is 9.69 Å². The Morgan fingerprint density at radius 3 is 2.47 bits per heavy atom. The summed E-state index contributed by atoms with van der Waals surface area (Å²) in [5.41, 5.74) is 2.83. The van der Waals surface area contributed by atoms with Crippen LogP contribution in [0.15, 0.2) is 30.3 Å². The summed E-state index contributed by atoms with van der Waals surface area (Å²) in [6.45, 7) is 9.39. The molecule has 1 N–H and O–H groups in total. The van der Waals surface area contributed by atoms with Crippen LogP contribution in [0.4, 0.5) is 10.2 Å². The number of nitrogens with one attached hydrogen (secondary N) is 1. The molecule has 8 nitrogen and oxygen atoms in total. The Balaban J connectivity index is 1.64. The van der Waals surface area contributed by atoms with E-state index in [2.05, 4.69) is 37.2 Å². The standard InChI is InChI=1S/C23H28FN7O/c1-15-5-6-18(12-19(15)24)23-26-20(13-21(27-23)31-17(3)11-16(2)28-31)25-22(32)14-30-9-7-29(4)8-10-30/h5-6,11-13H,7-10,14H2,1-4H3,(H,25,26,27,32). The summed E-state index contributed by atoms with van der Waals surface area (Å²) in [4.78, 5) is 26.2. The molecule has 0 radical (unpaired) electrons. The molecule has 168 valence electrons. The molecule has 3 aromatic rings. The molecule has 4 rings (SSSR count). The summed E-state index contributed by atoms with van der Waals surface area (Å²) >= 11 is 0. The van der Waals surface area contributed by atoms with Crippen molar-refractivity contribution in [2.45, 2.75) is 20.8 Å². The summed E-state index contributed by atoms with van der Waals surface area (Å²) in [7, 11) is 2.08. The molecule has 1 saturated heterocycles. The van der Waals surface area contributed by atoms with Crippen LogP contribution in [0.3, 0.4) is 0 Å². The van der Waals surface area contributed by atoms with Crippen molar-refractivity contribution < 1.29 is 9.18 Å². The molecule has 3 heterocycles. The van der Waals surface area contributed by atoms with E-state index in [-0.39, 0.29) is 11.7 Å². The second-order valence-corrected chi connectivity index (χ2v) is 8.37. The van der Waals surface area contributed by atoms with Gasteiger partial charge in [-0.1, -0.05) is 12.1 Å². The van der Waals surface area contributed by atoms with Gasteiger partial charge in [0.25, 0.3) is 0 Å². The molecule has 1 aliphatic rings. The molecule has 0 unspecified atom stereocenters. The van der Waals surface area contributed by atoms with Gasteiger partial charge in [-0.25, -0.2) is 19.0 Å². The van der Waals surface area contributed by atoms with Gasteiger partial charge in [0.1, 0.15) is 11.6 Å². The predicted octanol–water partition coefficient (Wildman–Crippen LogP) is 2.58. The van der Waals surface area contributed by atoms with E-state index in [0.29, 0.717) is 35.1 Å². The Kier molecular flexibility index (Phi) is 6.29. The lowest BCUT2D eigenvalue weighted by atomic mass is 10.1. The Morgan fingerprint density at radius 2 is 1.81 bits per heavy atom. The van der Waals surface area contributed by atoms with E-state index in [4.69, 9.17) is 0 Å². The third-order valence-corrected chi connectivity index (χ3v) is 5.60. The number of aromatic nitrogens is 4. The molecule has 1 aliphatic heterocycles. The first-order valence-electron chi connectivity index (χ1n) is 10.7. The Labute approximate surface area is 187 Å². The Bertz CT molecular complexity index is 1140. The maximum atomic E-state index is 14.2. The van der Waals surface area contributed by atoms with Crippen molar-refractivity contribution >= 4 is 11.7 Å². The van der Waals surface area contributed by atoms with Crippen LogP contribution >= 0.6 is 0 Å². The van der Waals surface area contributed by atoms with E-state index >= 15 is 0 Å². The number of hydrogen-bond acceptors (Lipinski definition) is 6. The SMILES string of the molecule is Cc1cc(C)n(-c2cc(NC(=O)CN3CCN(C)CC3)nc(-c3ccc(C)c(F)c3)n2)n1. The Morgan fingerprint density at radius 1 is 1.06 bits per heavy atom. The van der Waals surface area contributed by atoms with E-state index in [1.54, 1.807) is 29.8 Å². The molecule has 1 amide bonds. The van der Waals surface area contributed by atoms with Crippen LogP contribution in [0.5, 0.6) is 0 Å². The number of anilines is 1. The molecule has 32 heavy (non-hydrogen) atoms. The zero-order chi connectivity index (χ0) is 22.8. The highest BCUT2D eigenvalue weighted by Gasteiger charge is 2.18. The number of amides is 1. The minimum atomic E-state index is -0.330. The number of nitrogens with zero attached hydrogens (tertiary/aromatic N) is 6. The first-order chi connectivity index (χ1) is 15.3. The third-order valence-electron chi connectivity index (χ3n) is 5.60. The Hall–Kier alpha value is -3.17. The molecule has 0 saturated carbocycles. The van der Waals surface area contributed by atoms with Gasteiger partial charge in [-0.15, -0.1) is 0 Å². The van der Waals surface area contributed by atoms with Crippen molar-refractivity contribution in [1.82, 2.24) is 29.5 Å². The average molecular weight is 438 g/mol. The lowest BCUT2D eigenvalue weighted by Gasteiger charge is -2.31. The van der Waals surface area contributed by atoms with Crippen LogP contribution in [-0.2, 0) is 4.79 Å². The van der Waals surface area contributed by atoms with Crippen molar-refractivity contribution in [1.29, 1.82) is 0 Å². The molecule has 2 aromatic heterocycles. The van der Waals surface area contributed by atoms with Gasteiger partial charge >= 0.3 is 0 Å². The van der Waals surface area contributed by atoms with Crippen LogP contribution in [0.25, 0.3) is 17.2 Å². The lowest BCUT2D eigenvalue weighted by Crippen LogP contribution is -2.47. The van der Waals surface area contributed by atoms with Crippen LogP contribution in [-0.4, -0.2) is 75.2 Å². The second kappa shape index (κ2) is 9.13. The first-order valence-corrected chi connectivity index (χ1v) is 10.7. The van der Waals surface area contributed by atoms with Gasteiger partial charge in [-0.2, -0.15) is 5.10 Å². The van der Waals surface area contributed by atoms with Crippen molar-refractivity contribution in [3.8, 4) is 17.2 Å². The highest BCUT2D eigenvalue weighted by Crippen LogP contribution is 2.23. The maximum absolute atomic E-state index is 14.2. The fourth-order valence-corrected chi connectivity index (χ4v) is 3.72. The van der Waals surface area contributed by atoms with Crippen molar-refractivity contribution in [2.75, 3.05) is 45.1 Å². The highest BCUT2D eigenvalue weighted by atomic mass is 19.1. The van der Waals surface area contributed by atoms with Gasteiger partial charge in [0.05, 0.1) is 12.2 Å². The van der Waals surface area contributed by atoms with Crippen molar-refractivity contribution in [2.24, 2.45) is 0 Å². The number of carbonyl (C=O) groups is 1. The quantitative estimate of drug-likeness (QED) is 0.661. The largest absolute Gasteiger partial charge is 0.309 e. The highest BCUT2D eigenvalue weighted by molar-refractivity contribution is 5.91. The van der Waals surface area contributed by atoms with Crippen LogP contribution < -0.4 is 5.32 Å².